The quantitative estimate of drug-likeness (QED) is 0.331. The number of rotatable bonds is 12. The van der Waals surface area contributed by atoms with E-state index in [1.807, 2.05) is 18.2 Å². The maximum atomic E-state index is 10.1. The van der Waals surface area contributed by atoms with Gasteiger partial charge in [0.15, 0.2) is 13.7 Å². The molecule has 1 unspecified atom stereocenters. The van der Waals surface area contributed by atoms with Crippen LogP contribution in [0.25, 0.3) is 0 Å². The molecular weight excluding hydrogens is 284 g/mol. The van der Waals surface area contributed by atoms with Crippen molar-refractivity contribution in [3.05, 3.63) is 63.3 Å². The standard InChI is InChI=1S/C15H26O3Si2/c1-6-11-19(15(16,17)10-5)18-20(12-7-2,13-8-3)14-9-4/h6-10,16-17,19H,1-5,11-14H2. The minimum atomic E-state index is -2.37. The van der Waals surface area contributed by atoms with Gasteiger partial charge in [-0.15, -0.1) is 26.3 Å². The Bertz CT molecular complexity index is 338. The minimum Gasteiger partial charge on any atom is -0.453 e. The number of allylic oxidation sites excluding steroid dienone is 4. The van der Waals surface area contributed by atoms with Crippen molar-refractivity contribution >= 4 is 17.4 Å². The summed E-state index contributed by atoms with van der Waals surface area (Å²) < 4.78 is 6.28. The molecule has 0 aromatic carbocycles. The highest BCUT2D eigenvalue weighted by Crippen LogP contribution is 2.28. The summed E-state index contributed by atoms with van der Waals surface area (Å²) in [7, 11) is -4.60. The van der Waals surface area contributed by atoms with E-state index >= 15 is 0 Å². The van der Waals surface area contributed by atoms with Gasteiger partial charge in [-0.25, -0.2) is 0 Å². The van der Waals surface area contributed by atoms with Gasteiger partial charge in [0.2, 0.25) is 9.04 Å². The Labute approximate surface area is 125 Å². The van der Waals surface area contributed by atoms with Gasteiger partial charge < -0.3 is 14.3 Å². The Balaban J connectivity index is 5.37. The summed E-state index contributed by atoms with van der Waals surface area (Å²) in [6, 6.07) is 2.62. The normalized spacial score (nSPS) is 13.3. The van der Waals surface area contributed by atoms with E-state index in [0.717, 1.165) is 24.2 Å². The van der Waals surface area contributed by atoms with E-state index in [1.165, 1.54) is 0 Å². The van der Waals surface area contributed by atoms with E-state index in [-0.39, 0.29) is 0 Å². The Hall–Kier alpha value is -0.986. The topological polar surface area (TPSA) is 49.7 Å². The molecular formula is C15H26O3Si2. The van der Waals surface area contributed by atoms with Gasteiger partial charge in [-0.3, -0.25) is 0 Å². The van der Waals surface area contributed by atoms with E-state index in [2.05, 4.69) is 32.9 Å². The zero-order chi connectivity index (χ0) is 15.6. The van der Waals surface area contributed by atoms with Crippen LogP contribution in [0.2, 0.25) is 24.2 Å². The lowest BCUT2D eigenvalue weighted by molar-refractivity contribution is -0.0574. The molecule has 0 aromatic heterocycles. The lowest BCUT2D eigenvalue weighted by Crippen LogP contribution is -2.53. The fraction of sp³-hybridized carbons (Fsp3) is 0.333. The van der Waals surface area contributed by atoms with E-state index in [1.54, 1.807) is 6.08 Å². The molecule has 5 heteroatoms. The predicted molar refractivity (Wildman–Crippen MR) is 91.4 cm³/mol. The lowest BCUT2D eigenvalue weighted by atomic mass is 10.6. The van der Waals surface area contributed by atoms with Gasteiger partial charge >= 0.3 is 0 Å². The van der Waals surface area contributed by atoms with Crippen LogP contribution in [0.5, 0.6) is 0 Å². The second kappa shape index (κ2) is 9.04. The molecule has 0 saturated heterocycles. The molecule has 1 atom stereocenters. The average Bonchev–Trinajstić information content (AvgIpc) is 2.39. The summed E-state index contributed by atoms with van der Waals surface area (Å²) in [4.78, 5) is 0. The number of hydrogen-bond acceptors (Lipinski definition) is 3. The second-order valence-electron chi connectivity index (χ2n) is 4.78. The zero-order valence-electron chi connectivity index (χ0n) is 12.1. The van der Waals surface area contributed by atoms with Crippen LogP contribution in [0.3, 0.4) is 0 Å². The monoisotopic (exact) mass is 310 g/mol. The lowest BCUT2D eigenvalue weighted by Gasteiger charge is -2.37. The highest BCUT2D eigenvalue weighted by molar-refractivity contribution is 6.82. The molecule has 0 rings (SSSR count). The Morgan fingerprint density at radius 3 is 1.65 bits per heavy atom. The maximum absolute atomic E-state index is 10.1. The van der Waals surface area contributed by atoms with E-state index < -0.39 is 22.8 Å². The first-order valence-corrected chi connectivity index (χ1v) is 11.0. The van der Waals surface area contributed by atoms with Gasteiger partial charge in [-0.2, -0.15) is 0 Å². The summed E-state index contributed by atoms with van der Waals surface area (Å²) in [5.74, 6) is 0. The average molecular weight is 311 g/mol. The SMILES string of the molecule is C=CC[SiH](O[Si](CC=C)(CC=C)CC=C)C(O)(O)C=C. The number of hydrogen-bond donors (Lipinski definition) is 2. The molecule has 0 bridgehead atoms. The molecule has 0 aromatic rings. The van der Waals surface area contributed by atoms with Gasteiger partial charge in [0.25, 0.3) is 0 Å². The van der Waals surface area contributed by atoms with E-state index in [4.69, 9.17) is 4.12 Å². The van der Waals surface area contributed by atoms with Crippen LogP contribution >= 0.6 is 0 Å². The molecule has 112 valence electrons. The second-order valence-corrected chi connectivity index (χ2v) is 11.6. The van der Waals surface area contributed by atoms with Gasteiger partial charge in [-0.05, 0) is 30.3 Å². The molecule has 3 nitrogen and oxygen atoms in total. The smallest absolute Gasteiger partial charge is 0.239 e. The molecule has 0 fully saturated rings. The highest BCUT2D eigenvalue weighted by atomic mass is 28.4. The third-order valence-electron chi connectivity index (χ3n) is 3.10. The first kappa shape index (κ1) is 19.0. The fourth-order valence-corrected chi connectivity index (χ4v) is 9.71. The predicted octanol–water partition coefficient (Wildman–Crippen LogP) is 2.82. The van der Waals surface area contributed by atoms with Crippen molar-refractivity contribution in [2.24, 2.45) is 0 Å². The summed E-state index contributed by atoms with van der Waals surface area (Å²) in [6.45, 7) is 18.5. The summed E-state index contributed by atoms with van der Waals surface area (Å²) >= 11 is 0. The molecule has 0 amide bonds. The molecule has 0 aliphatic rings. The zero-order valence-corrected chi connectivity index (χ0v) is 14.3. The maximum Gasteiger partial charge on any atom is 0.239 e. The van der Waals surface area contributed by atoms with Crippen LogP contribution < -0.4 is 0 Å². The van der Waals surface area contributed by atoms with Gasteiger partial charge in [-0.1, -0.05) is 30.9 Å². The van der Waals surface area contributed by atoms with Crippen LogP contribution in [0.4, 0.5) is 0 Å². The minimum absolute atomic E-state index is 0.458. The fourth-order valence-electron chi connectivity index (χ4n) is 2.08. The van der Waals surface area contributed by atoms with Crippen LogP contribution in [0.15, 0.2) is 63.3 Å². The van der Waals surface area contributed by atoms with Crippen molar-refractivity contribution in [1.29, 1.82) is 0 Å². The van der Waals surface area contributed by atoms with Crippen LogP contribution in [-0.2, 0) is 4.12 Å². The Morgan fingerprint density at radius 2 is 1.35 bits per heavy atom. The first-order valence-electron chi connectivity index (χ1n) is 6.61. The van der Waals surface area contributed by atoms with E-state index in [0.29, 0.717) is 6.04 Å². The number of aliphatic hydroxyl groups is 2. The third-order valence-corrected chi connectivity index (χ3v) is 11.3. The summed E-state index contributed by atoms with van der Waals surface area (Å²) in [5, 5.41) is 20.1. The Morgan fingerprint density at radius 1 is 0.900 bits per heavy atom. The van der Waals surface area contributed by atoms with Crippen molar-refractivity contribution in [1.82, 2.24) is 0 Å². The molecule has 20 heavy (non-hydrogen) atoms. The molecule has 0 spiro atoms. The molecule has 0 radical (unpaired) electrons. The van der Waals surface area contributed by atoms with Crippen molar-refractivity contribution < 1.29 is 14.3 Å². The molecule has 0 aliphatic carbocycles. The van der Waals surface area contributed by atoms with Crippen molar-refractivity contribution in [3.8, 4) is 0 Å². The van der Waals surface area contributed by atoms with Crippen LogP contribution in [0.1, 0.15) is 0 Å². The van der Waals surface area contributed by atoms with Gasteiger partial charge in [0, 0.05) is 0 Å². The summed E-state index contributed by atoms with van der Waals surface area (Å²) in [5.41, 5.74) is -1.95. The highest BCUT2D eigenvalue weighted by Gasteiger charge is 2.41. The van der Waals surface area contributed by atoms with Crippen LogP contribution in [0, 0.1) is 0 Å². The molecule has 0 heterocycles. The largest absolute Gasteiger partial charge is 0.453 e. The first-order chi connectivity index (χ1) is 9.41. The Kier molecular flexibility index (Phi) is 8.60. The van der Waals surface area contributed by atoms with Gasteiger partial charge in [0.1, 0.15) is 0 Å². The summed E-state index contributed by atoms with van der Waals surface area (Å²) in [6.07, 6.45) is 8.27. The van der Waals surface area contributed by atoms with Crippen molar-refractivity contribution in [2.45, 2.75) is 29.6 Å². The van der Waals surface area contributed by atoms with Crippen molar-refractivity contribution in [3.63, 3.8) is 0 Å². The van der Waals surface area contributed by atoms with E-state index in [9.17, 15) is 10.2 Å². The van der Waals surface area contributed by atoms with Crippen LogP contribution in [-0.4, -0.2) is 33.0 Å². The third kappa shape index (κ3) is 5.56. The molecule has 0 aliphatic heterocycles. The molecule has 2 N–H and O–H groups in total. The van der Waals surface area contributed by atoms with Gasteiger partial charge in [0.05, 0.1) is 0 Å². The molecule has 0 saturated carbocycles. The van der Waals surface area contributed by atoms with Crippen molar-refractivity contribution in [2.75, 3.05) is 0 Å².